The average molecular weight is 563 g/mol. The number of carbonyl (C=O) groups is 2. The molecule has 40 heavy (non-hydrogen) atoms. The van der Waals surface area contributed by atoms with Crippen molar-refractivity contribution < 1.29 is 43.1 Å². The van der Waals surface area contributed by atoms with Gasteiger partial charge in [-0.05, 0) is 45.4 Å². The highest BCUT2D eigenvalue weighted by Gasteiger charge is 2.75. The summed E-state index contributed by atoms with van der Waals surface area (Å²) in [6.45, 7) is 11.0. The lowest BCUT2D eigenvalue weighted by Gasteiger charge is -2.61. The van der Waals surface area contributed by atoms with Crippen molar-refractivity contribution in [2.24, 2.45) is 16.7 Å². The van der Waals surface area contributed by atoms with Gasteiger partial charge in [-0.2, -0.15) is 0 Å². The van der Waals surface area contributed by atoms with Crippen molar-refractivity contribution in [2.75, 3.05) is 33.5 Å². The summed E-state index contributed by atoms with van der Waals surface area (Å²) in [6, 6.07) is 0. The van der Waals surface area contributed by atoms with E-state index in [0.29, 0.717) is 39.1 Å². The first-order valence-corrected chi connectivity index (χ1v) is 14.5. The Morgan fingerprint density at radius 2 is 1.93 bits per heavy atom. The number of allylic oxidation sites excluding steroid dienone is 3. The monoisotopic (exact) mass is 562 g/mol. The van der Waals surface area contributed by atoms with Crippen LogP contribution in [0.15, 0.2) is 36.0 Å². The van der Waals surface area contributed by atoms with Crippen molar-refractivity contribution in [2.45, 2.75) is 96.4 Å². The summed E-state index contributed by atoms with van der Waals surface area (Å²) >= 11 is 0. The zero-order valence-corrected chi connectivity index (χ0v) is 24.7. The molecule has 3 aliphatic heterocycles. The quantitative estimate of drug-likeness (QED) is 0.313. The van der Waals surface area contributed by atoms with Crippen LogP contribution in [0, 0.1) is 16.7 Å². The number of cyclic esters (lactones) is 2. The molecule has 2 fully saturated rings. The highest BCUT2D eigenvalue weighted by molar-refractivity contribution is 5.82. The van der Waals surface area contributed by atoms with E-state index in [-0.39, 0.29) is 30.8 Å². The Morgan fingerprint density at radius 3 is 2.60 bits per heavy atom. The second-order valence-corrected chi connectivity index (χ2v) is 12.1. The molecule has 0 aromatic rings. The molecule has 0 saturated carbocycles. The SMILES string of the molecule is CCC1OC(=O)/C=C\C=C\C(C(C)OC)OCCC(C)C(O)C(=O)OCC23CCC(C)=CC2OCC2(CO2)C13C. The van der Waals surface area contributed by atoms with Crippen molar-refractivity contribution in [3.05, 3.63) is 36.0 Å². The van der Waals surface area contributed by atoms with Gasteiger partial charge in [0.2, 0.25) is 0 Å². The summed E-state index contributed by atoms with van der Waals surface area (Å²) in [7, 11) is 1.60. The van der Waals surface area contributed by atoms with Crippen LogP contribution < -0.4 is 0 Å². The maximum atomic E-state index is 13.2. The first-order valence-electron chi connectivity index (χ1n) is 14.5. The van der Waals surface area contributed by atoms with Crippen molar-refractivity contribution in [1.82, 2.24) is 0 Å². The Morgan fingerprint density at radius 1 is 1.18 bits per heavy atom. The van der Waals surface area contributed by atoms with E-state index >= 15 is 0 Å². The molecule has 0 aromatic carbocycles. The molecule has 4 aliphatic rings. The van der Waals surface area contributed by atoms with E-state index in [4.69, 9.17) is 28.4 Å². The van der Waals surface area contributed by atoms with Crippen LogP contribution in [0.3, 0.4) is 0 Å². The van der Waals surface area contributed by atoms with Crippen molar-refractivity contribution in [1.29, 1.82) is 0 Å². The van der Waals surface area contributed by atoms with E-state index in [0.717, 1.165) is 6.42 Å². The number of hydrogen-bond donors (Lipinski definition) is 1. The van der Waals surface area contributed by atoms with Gasteiger partial charge in [0.1, 0.15) is 24.4 Å². The fraction of sp³-hybridized carbons (Fsp3) is 0.742. The Bertz CT molecular complexity index is 1010. The number of fused-ring (bicyclic) bond motifs is 1. The van der Waals surface area contributed by atoms with Gasteiger partial charge in [0.25, 0.3) is 0 Å². The van der Waals surface area contributed by atoms with Gasteiger partial charge < -0.3 is 33.5 Å². The van der Waals surface area contributed by atoms with Gasteiger partial charge in [-0.3, -0.25) is 0 Å². The van der Waals surface area contributed by atoms with E-state index in [1.807, 2.05) is 26.8 Å². The van der Waals surface area contributed by atoms with Gasteiger partial charge in [0, 0.05) is 30.6 Å². The first-order chi connectivity index (χ1) is 19.0. The molecule has 9 unspecified atom stereocenters. The fourth-order valence-corrected chi connectivity index (χ4v) is 6.69. The van der Waals surface area contributed by atoms with Crippen LogP contribution in [0.25, 0.3) is 0 Å². The normalized spacial score (nSPS) is 43.6. The summed E-state index contributed by atoms with van der Waals surface area (Å²) in [5.74, 6) is -1.53. The highest BCUT2D eigenvalue weighted by atomic mass is 16.6. The van der Waals surface area contributed by atoms with Crippen LogP contribution in [0.5, 0.6) is 0 Å². The third kappa shape index (κ3) is 5.68. The van der Waals surface area contributed by atoms with E-state index in [1.54, 1.807) is 19.3 Å². The molecule has 3 heterocycles. The highest BCUT2D eigenvalue weighted by Crippen LogP contribution is 2.66. The molecule has 9 nitrogen and oxygen atoms in total. The molecular weight excluding hydrogens is 516 g/mol. The first kappa shape index (κ1) is 30.9. The third-order valence-electron chi connectivity index (χ3n) is 9.80. The van der Waals surface area contributed by atoms with Crippen LogP contribution in [0.4, 0.5) is 0 Å². The van der Waals surface area contributed by atoms with Crippen LogP contribution in [-0.4, -0.2) is 86.7 Å². The largest absolute Gasteiger partial charge is 0.463 e. The number of esters is 2. The molecule has 1 N–H and O–H groups in total. The second-order valence-electron chi connectivity index (χ2n) is 12.1. The summed E-state index contributed by atoms with van der Waals surface area (Å²) in [5.41, 5.74) is -0.898. The number of carbonyl (C=O) groups excluding carboxylic acids is 2. The van der Waals surface area contributed by atoms with Crippen LogP contribution >= 0.6 is 0 Å². The number of epoxide rings is 1. The summed E-state index contributed by atoms with van der Waals surface area (Å²) < 4.78 is 36.0. The molecular formula is C31H46O9. The van der Waals surface area contributed by atoms with Crippen molar-refractivity contribution >= 4 is 11.9 Å². The van der Waals surface area contributed by atoms with Crippen LogP contribution in [0.2, 0.25) is 0 Å². The number of rotatable bonds is 3. The van der Waals surface area contributed by atoms with Gasteiger partial charge in [0.05, 0.1) is 25.4 Å². The topological polar surface area (TPSA) is 113 Å². The molecule has 4 rings (SSSR count). The number of ether oxygens (including phenoxy) is 6. The zero-order valence-electron chi connectivity index (χ0n) is 24.7. The smallest absolute Gasteiger partial charge is 0.335 e. The number of hydrogen-bond acceptors (Lipinski definition) is 9. The van der Waals surface area contributed by atoms with Gasteiger partial charge in [-0.1, -0.05) is 50.6 Å². The number of aliphatic hydroxyl groups is 1. The second kappa shape index (κ2) is 12.4. The van der Waals surface area contributed by atoms with Crippen molar-refractivity contribution in [3.8, 4) is 0 Å². The molecule has 0 amide bonds. The molecule has 9 atom stereocenters. The maximum absolute atomic E-state index is 13.2. The van der Waals surface area contributed by atoms with Gasteiger partial charge in [-0.25, -0.2) is 9.59 Å². The minimum absolute atomic E-state index is 0.0161. The number of methoxy groups -OCH3 is 1. The lowest BCUT2D eigenvalue weighted by Crippen LogP contribution is -2.69. The Labute approximate surface area is 237 Å². The van der Waals surface area contributed by atoms with Gasteiger partial charge in [0.15, 0.2) is 6.10 Å². The predicted molar refractivity (Wildman–Crippen MR) is 147 cm³/mol. The standard InChI is InChI=1S/C31H46O9/c1-7-24-29(5)30(14-12-20(2)16-25(30)37-18-31(29)19-39-31)17-38-28(34)27(33)21(3)13-15-36-23(22(4)35-6)10-8-9-11-26(32)40-24/h8-11,16,21-25,27,33H,7,12-15,17-19H2,1-6H3/b10-8+,11-9-. The molecule has 0 bridgehead atoms. The lowest BCUT2D eigenvalue weighted by atomic mass is 9.49. The minimum Gasteiger partial charge on any atom is -0.463 e. The fourth-order valence-electron chi connectivity index (χ4n) is 6.69. The molecule has 1 aliphatic carbocycles. The third-order valence-corrected chi connectivity index (χ3v) is 9.80. The lowest BCUT2D eigenvalue weighted by molar-refractivity contribution is -0.252. The van der Waals surface area contributed by atoms with Crippen molar-refractivity contribution in [3.63, 3.8) is 0 Å². The molecule has 2 spiro atoms. The maximum Gasteiger partial charge on any atom is 0.335 e. The molecule has 2 saturated heterocycles. The van der Waals surface area contributed by atoms with E-state index in [1.165, 1.54) is 11.6 Å². The predicted octanol–water partition coefficient (Wildman–Crippen LogP) is 3.69. The van der Waals surface area contributed by atoms with E-state index in [2.05, 4.69) is 19.9 Å². The average Bonchev–Trinajstić information content (AvgIpc) is 3.74. The van der Waals surface area contributed by atoms with Crippen LogP contribution in [0.1, 0.15) is 60.3 Å². The molecule has 0 aromatic heterocycles. The zero-order chi connectivity index (χ0) is 29.1. The summed E-state index contributed by atoms with van der Waals surface area (Å²) in [6.07, 6.45) is 8.36. The Hall–Kier alpha value is -2.04. The van der Waals surface area contributed by atoms with E-state index in [9.17, 15) is 14.7 Å². The van der Waals surface area contributed by atoms with E-state index < -0.39 is 40.6 Å². The number of aliphatic hydroxyl groups excluding tert-OH is 1. The van der Waals surface area contributed by atoms with Gasteiger partial charge in [-0.15, -0.1) is 0 Å². The molecule has 224 valence electrons. The Balaban J connectivity index is 1.73. The summed E-state index contributed by atoms with van der Waals surface area (Å²) in [5, 5.41) is 10.9. The minimum atomic E-state index is -1.31. The molecule has 0 radical (unpaired) electrons. The summed E-state index contributed by atoms with van der Waals surface area (Å²) in [4.78, 5) is 26.3. The van der Waals surface area contributed by atoms with Gasteiger partial charge >= 0.3 is 11.9 Å². The Kier molecular flexibility index (Phi) is 9.62. The van der Waals surface area contributed by atoms with Crippen LogP contribution in [-0.2, 0) is 38.0 Å². The molecule has 9 heteroatoms.